The third-order valence-corrected chi connectivity index (χ3v) is 7.54. The number of methoxy groups -OCH3 is 1. The third-order valence-electron chi connectivity index (χ3n) is 7.54. The van der Waals surface area contributed by atoms with Crippen LogP contribution in [0.4, 0.5) is 0 Å². The van der Waals surface area contributed by atoms with E-state index in [1.807, 2.05) is 18.2 Å². The van der Waals surface area contributed by atoms with Gasteiger partial charge in [-0.2, -0.15) is 5.26 Å². The van der Waals surface area contributed by atoms with Crippen LogP contribution in [0, 0.1) is 11.3 Å². The molecule has 1 aliphatic carbocycles. The Bertz CT molecular complexity index is 1550. The first-order valence-corrected chi connectivity index (χ1v) is 12.9. The van der Waals surface area contributed by atoms with Crippen LogP contribution in [0.2, 0.25) is 0 Å². The van der Waals surface area contributed by atoms with Crippen LogP contribution in [-0.4, -0.2) is 25.2 Å². The topological polar surface area (TPSA) is 48.3 Å². The van der Waals surface area contributed by atoms with Gasteiger partial charge in [-0.3, -0.25) is 4.90 Å². The number of nitrogens with one attached hydrogen (secondary N) is 1. The second-order valence-corrected chi connectivity index (χ2v) is 9.53. The normalized spacial score (nSPS) is 20.2. The molecule has 0 saturated heterocycles. The average molecular weight is 488 g/mol. The van der Waals surface area contributed by atoms with Gasteiger partial charge in [-0.15, -0.1) is 0 Å². The number of likely N-dealkylation sites (N-methyl/N-ethyl adjacent to an activating group) is 1. The Morgan fingerprint density at radius 2 is 1.97 bits per heavy atom. The quantitative estimate of drug-likeness (QED) is 0.383. The highest BCUT2D eigenvalue weighted by molar-refractivity contribution is 6.09. The van der Waals surface area contributed by atoms with Gasteiger partial charge in [-0.25, -0.2) is 0 Å². The maximum Gasteiger partial charge on any atom is 0.185 e. The molecule has 3 aromatic rings. The van der Waals surface area contributed by atoms with Gasteiger partial charge in [-0.1, -0.05) is 73.7 Å². The molecule has 0 fully saturated rings. The van der Waals surface area contributed by atoms with E-state index in [4.69, 9.17) is 4.74 Å². The summed E-state index contributed by atoms with van der Waals surface area (Å²) in [5, 5.41) is 18.5. The van der Waals surface area contributed by atoms with Crippen molar-refractivity contribution >= 4 is 27.6 Å². The van der Waals surface area contributed by atoms with Gasteiger partial charge in [-0.05, 0) is 88.8 Å². The van der Waals surface area contributed by atoms with E-state index in [1.165, 1.54) is 38.2 Å². The molecule has 0 aromatic heterocycles. The lowest BCUT2D eigenvalue weighted by Crippen LogP contribution is -2.50. The molecule has 0 unspecified atom stereocenters. The van der Waals surface area contributed by atoms with Gasteiger partial charge in [0.25, 0.3) is 0 Å². The summed E-state index contributed by atoms with van der Waals surface area (Å²) in [7, 11) is 3.83. The van der Waals surface area contributed by atoms with Crippen molar-refractivity contribution in [1.29, 1.82) is 5.26 Å². The van der Waals surface area contributed by atoms with Crippen LogP contribution >= 0.6 is 0 Å². The Labute approximate surface area is 219 Å². The molecule has 186 valence electrons. The molecule has 0 saturated carbocycles. The van der Waals surface area contributed by atoms with E-state index in [1.54, 1.807) is 7.11 Å². The molecule has 5 rings (SSSR count). The number of rotatable bonds is 5. The Morgan fingerprint density at radius 3 is 2.73 bits per heavy atom. The van der Waals surface area contributed by atoms with Crippen molar-refractivity contribution in [3.05, 3.63) is 113 Å². The summed E-state index contributed by atoms with van der Waals surface area (Å²) in [4.78, 5) is 2.32. The minimum atomic E-state index is -0.182. The van der Waals surface area contributed by atoms with Crippen LogP contribution in [0.5, 0.6) is 0 Å². The van der Waals surface area contributed by atoms with Crippen LogP contribution in [0.25, 0.3) is 27.6 Å². The highest BCUT2D eigenvalue weighted by atomic mass is 16.5. The van der Waals surface area contributed by atoms with Gasteiger partial charge in [0, 0.05) is 0 Å². The fraction of sp³-hybridized carbons (Fsp3) is 0.242. The van der Waals surface area contributed by atoms with Crippen molar-refractivity contribution in [3.63, 3.8) is 0 Å². The zero-order chi connectivity index (χ0) is 25.9. The Morgan fingerprint density at radius 1 is 1.14 bits per heavy atom. The number of hydrogen-bond donors (Lipinski definition) is 1. The molecule has 1 aliphatic heterocycles. The number of hydrogen-bond acceptors (Lipinski definition) is 4. The van der Waals surface area contributed by atoms with E-state index in [2.05, 4.69) is 104 Å². The van der Waals surface area contributed by atoms with Crippen LogP contribution in [0.3, 0.4) is 0 Å². The summed E-state index contributed by atoms with van der Waals surface area (Å²) in [5.74, 6) is 0.720. The van der Waals surface area contributed by atoms with Crippen molar-refractivity contribution < 1.29 is 4.74 Å². The number of nitrogens with zero attached hydrogens (tertiary/aromatic N) is 2. The predicted octanol–water partition coefficient (Wildman–Crippen LogP) is 7.31. The van der Waals surface area contributed by atoms with Gasteiger partial charge >= 0.3 is 0 Å². The number of fused-ring (bicyclic) bond motifs is 3. The van der Waals surface area contributed by atoms with Gasteiger partial charge < -0.3 is 10.1 Å². The minimum Gasteiger partial charge on any atom is -0.483 e. The standard InChI is InChI=1S/C33H33N3O/c1-5-12-27-24(6-2)28-18-17-22-13-10-11-15-25(22)29(28)19-30(27)31-20-32(37-4)35-33(36(31)3)26-16-9-7-8-14-23(26)21-34/h5,7-15,17-20,31,33,35H,6,16H2,1-4H3/b12-5-/t31-,33-/m0/s1. The molecule has 2 atom stereocenters. The Kier molecular flexibility index (Phi) is 6.99. The minimum absolute atomic E-state index is 0.0512. The van der Waals surface area contributed by atoms with Gasteiger partial charge in [0.2, 0.25) is 0 Å². The summed E-state index contributed by atoms with van der Waals surface area (Å²) >= 11 is 0. The number of aryl methyl sites for hydroxylation is 1. The summed E-state index contributed by atoms with van der Waals surface area (Å²) in [6, 6.07) is 17.8. The van der Waals surface area contributed by atoms with E-state index in [-0.39, 0.29) is 12.2 Å². The molecule has 37 heavy (non-hydrogen) atoms. The van der Waals surface area contributed by atoms with E-state index >= 15 is 0 Å². The fourth-order valence-electron chi connectivity index (χ4n) is 5.74. The maximum absolute atomic E-state index is 9.92. The summed E-state index contributed by atoms with van der Waals surface area (Å²) in [6.07, 6.45) is 15.9. The fourth-order valence-corrected chi connectivity index (χ4v) is 5.74. The van der Waals surface area contributed by atoms with Gasteiger partial charge in [0.1, 0.15) is 6.17 Å². The van der Waals surface area contributed by atoms with E-state index in [0.29, 0.717) is 12.0 Å². The van der Waals surface area contributed by atoms with Gasteiger partial charge in [0.05, 0.1) is 24.8 Å². The smallest absolute Gasteiger partial charge is 0.185 e. The summed E-state index contributed by atoms with van der Waals surface area (Å²) < 4.78 is 5.79. The lowest BCUT2D eigenvalue weighted by Gasteiger charge is -2.41. The van der Waals surface area contributed by atoms with Crippen molar-refractivity contribution in [3.8, 4) is 6.07 Å². The number of allylic oxidation sites excluding steroid dienone is 6. The SMILES string of the molecule is C/C=C\c1c([C@@H]2C=C(OC)N[C@H](C3=C(C#N)C=CC=CC3)N2C)cc2c(ccc3ccccc32)c1CC. The predicted molar refractivity (Wildman–Crippen MR) is 154 cm³/mol. The van der Waals surface area contributed by atoms with Crippen molar-refractivity contribution in [2.45, 2.75) is 38.9 Å². The number of ether oxygens (including phenoxy) is 1. The highest BCUT2D eigenvalue weighted by Crippen LogP contribution is 2.40. The van der Waals surface area contributed by atoms with Crippen LogP contribution in [0.1, 0.15) is 43.0 Å². The molecule has 0 bridgehead atoms. The lowest BCUT2D eigenvalue weighted by molar-refractivity contribution is 0.136. The van der Waals surface area contributed by atoms with E-state index in [0.717, 1.165) is 17.9 Å². The van der Waals surface area contributed by atoms with Crippen molar-refractivity contribution in [2.24, 2.45) is 0 Å². The number of benzene rings is 3. The second kappa shape index (κ2) is 10.5. The number of nitriles is 1. The second-order valence-electron chi connectivity index (χ2n) is 9.53. The highest BCUT2D eigenvalue weighted by Gasteiger charge is 2.34. The van der Waals surface area contributed by atoms with Crippen LogP contribution in [-0.2, 0) is 11.2 Å². The largest absolute Gasteiger partial charge is 0.483 e. The van der Waals surface area contributed by atoms with Crippen molar-refractivity contribution in [1.82, 2.24) is 10.2 Å². The molecule has 4 nitrogen and oxygen atoms in total. The Hall–Kier alpha value is -4.07. The van der Waals surface area contributed by atoms with Crippen LogP contribution < -0.4 is 5.32 Å². The van der Waals surface area contributed by atoms with E-state index in [9.17, 15) is 5.26 Å². The molecule has 0 radical (unpaired) electrons. The molecular formula is C33H33N3O. The van der Waals surface area contributed by atoms with E-state index < -0.39 is 0 Å². The first-order valence-electron chi connectivity index (χ1n) is 12.9. The molecular weight excluding hydrogens is 454 g/mol. The third kappa shape index (κ3) is 4.37. The monoisotopic (exact) mass is 487 g/mol. The first kappa shape index (κ1) is 24.6. The zero-order valence-corrected chi connectivity index (χ0v) is 22.0. The molecule has 0 amide bonds. The molecule has 3 aromatic carbocycles. The maximum atomic E-state index is 9.92. The molecule has 0 spiro atoms. The lowest BCUT2D eigenvalue weighted by atomic mass is 9.86. The molecule has 1 heterocycles. The first-order chi connectivity index (χ1) is 18.1. The summed E-state index contributed by atoms with van der Waals surface area (Å²) in [6.45, 7) is 4.31. The Balaban J connectivity index is 1.77. The van der Waals surface area contributed by atoms with Gasteiger partial charge in [0.15, 0.2) is 5.88 Å². The molecule has 1 N–H and O–H groups in total. The average Bonchev–Trinajstić information content (AvgIpc) is 3.18. The summed E-state index contributed by atoms with van der Waals surface area (Å²) in [5.41, 5.74) is 5.58. The van der Waals surface area contributed by atoms with Crippen LogP contribution in [0.15, 0.2) is 95.9 Å². The zero-order valence-electron chi connectivity index (χ0n) is 22.0. The molecule has 2 aliphatic rings. The van der Waals surface area contributed by atoms with Crippen molar-refractivity contribution in [2.75, 3.05) is 14.2 Å². The molecule has 4 heteroatoms.